The predicted molar refractivity (Wildman–Crippen MR) is 120 cm³/mol. The van der Waals surface area contributed by atoms with Crippen molar-refractivity contribution in [1.29, 1.82) is 0 Å². The van der Waals surface area contributed by atoms with E-state index < -0.39 is 17.2 Å². The first-order chi connectivity index (χ1) is 15.8. The smallest absolute Gasteiger partial charge is 0.280 e. The Balaban J connectivity index is 1.66. The van der Waals surface area contributed by atoms with Gasteiger partial charge in [0.2, 0.25) is 11.8 Å². The van der Waals surface area contributed by atoms with Crippen molar-refractivity contribution in [1.82, 2.24) is 19.4 Å². The lowest BCUT2D eigenvalue weighted by Crippen LogP contribution is -2.24. The van der Waals surface area contributed by atoms with Crippen molar-refractivity contribution in [2.75, 3.05) is 13.6 Å². The maximum Gasteiger partial charge on any atom is 0.280 e. The van der Waals surface area contributed by atoms with E-state index in [-0.39, 0.29) is 35.5 Å². The molecule has 1 N–H and O–H groups in total. The van der Waals surface area contributed by atoms with E-state index in [0.717, 1.165) is 17.5 Å². The van der Waals surface area contributed by atoms with Crippen LogP contribution in [0.25, 0.3) is 16.6 Å². The van der Waals surface area contributed by atoms with Crippen LogP contribution in [0.15, 0.2) is 53.5 Å². The fraction of sp³-hybridized carbons (Fsp3) is 0.174. The maximum absolute atomic E-state index is 13.9. The Bertz CT molecular complexity index is 1430. The largest absolute Gasteiger partial charge is 0.471 e. The van der Waals surface area contributed by atoms with E-state index in [1.165, 1.54) is 15.2 Å². The van der Waals surface area contributed by atoms with Gasteiger partial charge in [-0.1, -0.05) is 11.6 Å². The zero-order valence-corrected chi connectivity index (χ0v) is 18.5. The summed E-state index contributed by atoms with van der Waals surface area (Å²) < 4.78 is 35.2. The third-order valence-electron chi connectivity index (χ3n) is 5.07. The summed E-state index contributed by atoms with van der Waals surface area (Å²) in [6.45, 7) is 1.52. The minimum Gasteiger partial charge on any atom is -0.471 e. The molecule has 0 radical (unpaired) electrons. The monoisotopic (exact) mass is 472 g/mol. The van der Waals surface area contributed by atoms with Crippen molar-refractivity contribution in [2.45, 2.75) is 13.5 Å². The number of nitrogens with one attached hydrogen (secondary N) is 1. The molecule has 7 nitrogen and oxygen atoms in total. The summed E-state index contributed by atoms with van der Waals surface area (Å²) in [5, 5.41) is 3.31. The molecule has 10 heteroatoms. The van der Waals surface area contributed by atoms with Crippen molar-refractivity contribution >= 4 is 28.4 Å². The number of ether oxygens (including phenoxy) is 1. The lowest BCUT2D eigenvalue weighted by atomic mass is 10.2. The van der Waals surface area contributed by atoms with Gasteiger partial charge in [0.15, 0.2) is 5.02 Å². The Hall–Kier alpha value is -3.56. The van der Waals surface area contributed by atoms with Gasteiger partial charge in [-0.2, -0.15) is 4.98 Å². The minimum atomic E-state index is -0.773. The number of fused-ring (bicyclic) bond motifs is 1. The first kappa shape index (κ1) is 22.6. The van der Waals surface area contributed by atoms with Gasteiger partial charge in [0.1, 0.15) is 24.1 Å². The van der Waals surface area contributed by atoms with Crippen LogP contribution in [0.2, 0.25) is 5.02 Å². The minimum absolute atomic E-state index is 0.0962. The molecule has 0 aliphatic carbocycles. The number of hydrogen-bond acceptors (Lipinski definition) is 5. The summed E-state index contributed by atoms with van der Waals surface area (Å²) in [4.78, 5) is 29.5. The zero-order valence-electron chi connectivity index (χ0n) is 17.7. The van der Waals surface area contributed by atoms with E-state index in [1.54, 1.807) is 44.4 Å². The first-order valence-electron chi connectivity index (χ1n) is 9.95. The molecule has 0 unspecified atom stereocenters. The molecule has 0 aliphatic heterocycles. The molecule has 0 aliphatic rings. The second-order valence-corrected chi connectivity index (χ2v) is 7.67. The zero-order chi connectivity index (χ0) is 23.7. The quantitative estimate of drug-likeness (QED) is 0.461. The highest BCUT2D eigenvalue weighted by Crippen LogP contribution is 2.24. The molecule has 0 bridgehead atoms. The van der Waals surface area contributed by atoms with E-state index >= 15 is 0 Å². The number of aromatic nitrogens is 3. The van der Waals surface area contributed by atoms with Crippen LogP contribution in [0.4, 0.5) is 8.78 Å². The van der Waals surface area contributed by atoms with Gasteiger partial charge in [-0.25, -0.2) is 8.78 Å². The molecule has 0 saturated carbocycles. The molecule has 2 heterocycles. The third-order valence-corrected chi connectivity index (χ3v) is 5.40. The Kier molecular flexibility index (Phi) is 6.26. The molecule has 2 aromatic heterocycles. The number of hydrogen-bond donors (Lipinski definition) is 1. The Morgan fingerprint density at radius 2 is 1.97 bits per heavy atom. The highest BCUT2D eigenvalue weighted by atomic mass is 35.5. The van der Waals surface area contributed by atoms with E-state index in [0.29, 0.717) is 17.0 Å². The molecule has 4 aromatic rings. The average Bonchev–Trinajstić information content (AvgIpc) is 3.20. The van der Waals surface area contributed by atoms with Crippen molar-refractivity contribution in [3.63, 3.8) is 0 Å². The van der Waals surface area contributed by atoms with Crippen LogP contribution in [0.1, 0.15) is 16.2 Å². The van der Waals surface area contributed by atoms with Gasteiger partial charge in [-0.3, -0.25) is 18.7 Å². The summed E-state index contributed by atoms with van der Waals surface area (Å²) >= 11 is 6.22. The van der Waals surface area contributed by atoms with E-state index in [1.807, 2.05) is 0 Å². The van der Waals surface area contributed by atoms with Crippen molar-refractivity contribution in [2.24, 2.45) is 0 Å². The highest BCUT2D eigenvalue weighted by molar-refractivity contribution is 6.31. The normalized spacial score (nSPS) is 11.2. The molecule has 2 aromatic carbocycles. The number of halogens is 3. The highest BCUT2D eigenvalue weighted by Gasteiger charge is 2.17. The third kappa shape index (κ3) is 4.37. The van der Waals surface area contributed by atoms with Gasteiger partial charge in [-0.05, 0) is 50.4 Å². The van der Waals surface area contributed by atoms with Crippen molar-refractivity contribution in [3.8, 4) is 11.6 Å². The van der Waals surface area contributed by atoms with Gasteiger partial charge >= 0.3 is 0 Å². The SMILES string of the molecule is CNCC(=O)n1ccc2cc(-n3c(C)nc(OCc4ccc(F)cc4F)c(Cl)c3=O)ccc21. The predicted octanol–water partition coefficient (Wildman–Crippen LogP) is 3.87. The molecular weight excluding hydrogens is 454 g/mol. The van der Waals surface area contributed by atoms with Crippen LogP contribution in [0, 0.1) is 18.6 Å². The fourth-order valence-corrected chi connectivity index (χ4v) is 3.67. The van der Waals surface area contributed by atoms with Gasteiger partial charge in [0.05, 0.1) is 17.7 Å². The number of nitrogens with zero attached hydrogens (tertiary/aromatic N) is 3. The number of carbonyl (C=O) groups is 1. The number of benzene rings is 2. The van der Waals surface area contributed by atoms with Crippen LogP contribution in [0.3, 0.4) is 0 Å². The molecule has 0 saturated heterocycles. The summed E-state index contributed by atoms with van der Waals surface area (Å²) in [7, 11) is 1.69. The Morgan fingerprint density at radius 1 is 1.18 bits per heavy atom. The Labute approximate surface area is 192 Å². The lowest BCUT2D eigenvalue weighted by molar-refractivity contribution is 0.0920. The second kappa shape index (κ2) is 9.13. The summed E-state index contributed by atoms with van der Waals surface area (Å²) in [6.07, 6.45) is 1.67. The molecular formula is C23H19ClF2N4O3. The van der Waals surface area contributed by atoms with Gasteiger partial charge in [0, 0.05) is 23.2 Å². The molecule has 0 amide bonds. The van der Waals surface area contributed by atoms with Gasteiger partial charge < -0.3 is 10.1 Å². The second-order valence-electron chi connectivity index (χ2n) is 7.30. The van der Waals surface area contributed by atoms with E-state index in [2.05, 4.69) is 10.3 Å². The summed E-state index contributed by atoms with van der Waals surface area (Å²) in [5.41, 5.74) is 0.738. The van der Waals surface area contributed by atoms with Crippen molar-refractivity contribution < 1.29 is 18.3 Å². The van der Waals surface area contributed by atoms with Crippen LogP contribution < -0.4 is 15.6 Å². The van der Waals surface area contributed by atoms with Crippen LogP contribution in [-0.2, 0) is 6.61 Å². The van der Waals surface area contributed by atoms with Crippen molar-refractivity contribution in [3.05, 3.63) is 87.1 Å². The standard InChI is InChI=1S/C23H19ClF2N4O3/c1-13-28-22(33-12-15-3-4-16(25)10-18(15)26)21(24)23(32)30(13)17-5-6-19-14(9-17)7-8-29(19)20(31)11-27-2/h3-10,27H,11-12H2,1-2H3. The number of aryl methyl sites for hydroxylation is 1. The maximum atomic E-state index is 13.9. The van der Waals surface area contributed by atoms with Crippen LogP contribution in [-0.4, -0.2) is 33.6 Å². The molecule has 4 rings (SSSR count). The molecule has 33 heavy (non-hydrogen) atoms. The summed E-state index contributed by atoms with van der Waals surface area (Å²) in [6, 6.07) is 10.0. The summed E-state index contributed by atoms with van der Waals surface area (Å²) in [5.74, 6) is -1.44. The van der Waals surface area contributed by atoms with Gasteiger partial charge in [0.25, 0.3) is 5.56 Å². The average molecular weight is 473 g/mol. The van der Waals surface area contributed by atoms with E-state index in [9.17, 15) is 18.4 Å². The molecule has 0 atom stereocenters. The number of likely N-dealkylation sites (N-methyl/N-ethyl adjacent to an activating group) is 1. The molecule has 0 fully saturated rings. The van der Waals surface area contributed by atoms with Gasteiger partial charge in [-0.15, -0.1) is 0 Å². The van der Waals surface area contributed by atoms with Crippen LogP contribution in [0.5, 0.6) is 5.88 Å². The fourth-order valence-electron chi connectivity index (χ4n) is 3.49. The first-order valence-corrected chi connectivity index (χ1v) is 10.3. The van der Waals surface area contributed by atoms with E-state index in [4.69, 9.17) is 16.3 Å². The number of carbonyl (C=O) groups excluding carboxylic acids is 1. The van der Waals surface area contributed by atoms with Crippen LogP contribution >= 0.6 is 11.6 Å². The Morgan fingerprint density at radius 3 is 2.70 bits per heavy atom. The lowest BCUT2D eigenvalue weighted by Gasteiger charge is -2.14. The molecule has 170 valence electrons. The topological polar surface area (TPSA) is 78.2 Å². The number of rotatable bonds is 6. The molecule has 0 spiro atoms.